The maximum absolute atomic E-state index is 13.8. The molecule has 0 bridgehead atoms. The van der Waals surface area contributed by atoms with E-state index in [0.717, 1.165) is 17.7 Å². The number of phenols is 1. The van der Waals surface area contributed by atoms with Gasteiger partial charge in [0.2, 0.25) is 0 Å². The minimum Gasteiger partial charge on any atom is -0.507 e. The van der Waals surface area contributed by atoms with Crippen LogP contribution in [-0.2, 0) is 6.42 Å². The lowest BCUT2D eigenvalue weighted by Gasteiger charge is -2.19. The fraction of sp³-hybridized carbons (Fsp3) is 0.211. The van der Waals surface area contributed by atoms with E-state index in [-0.39, 0.29) is 5.75 Å². The van der Waals surface area contributed by atoms with Gasteiger partial charge in [-0.25, -0.2) is 4.39 Å². The zero-order chi connectivity index (χ0) is 17.3. The number of hydrogen-bond donors (Lipinski definition) is 2. The highest BCUT2D eigenvalue weighted by Gasteiger charge is 2.20. The average molecular weight is 346 g/mol. The number of benzene rings is 2. The number of aliphatic hydroxyl groups is 1. The molecule has 5 heteroatoms. The van der Waals surface area contributed by atoms with Crippen LogP contribution in [0.5, 0.6) is 5.75 Å². The Bertz CT molecular complexity index is 846. The SMILES string of the molecule is CC1=NCCc2ccc(C(O)C=Cc3ccc(Cl)cc3F)c(O)c21. The Hall–Kier alpha value is -2.17. The average Bonchev–Trinajstić information content (AvgIpc) is 2.54. The Balaban J connectivity index is 1.91. The maximum atomic E-state index is 13.8. The van der Waals surface area contributed by atoms with Gasteiger partial charge in [-0.3, -0.25) is 4.99 Å². The molecule has 1 unspecified atom stereocenters. The highest BCUT2D eigenvalue weighted by atomic mass is 35.5. The molecule has 1 aliphatic heterocycles. The molecule has 124 valence electrons. The van der Waals surface area contributed by atoms with Crippen LogP contribution < -0.4 is 0 Å². The number of hydrogen-bond acceptors (Lipinski definition) is 3. The van der Waals surface area contributed by atoms with Crippen LogP contribution in [0.25, 0.3) is 6.08 Å². The number of phenolic OH excluding ortho intramolecular Hbond substituents is 1. The Labute approximate surface area is 144 Å². The number of fused-ring (bicyclic) bond motifs is 1. The lowest BCUT2D eigenvalue weighted by atomic mass is 9.92. The van der Waals surface area contributed by atoms with Crippen LogP contribution in [-0.4, -0.2) is 22.5 Å². The van der Waals surface area contributed by atoms with E-state index in [0.29, 0.717) is 28.3 Å². The molecule has 0 amide bonds. The first-order valence-corrected chi connectivity index (χ1v) is 8.02. The van der Waals surface area contributed by atoms with Crippen molar-refractivity contribution in [3.63, 3.8) is 0 Å². The first-order valence-electron chi connectivity index (χ1n) is 7.65. The second-order valence-electron chi connectivity index (χ2n) is 5.72. The molecule has 2 aromatic rings. The van der Waals surface area contributed by atoms with Crippen molar-refractivity contribution >= 4 is 23.4 Å². The van der Waals surface area contributed by atoms with Gasteiger partial charge in [0.1, 0.15) is 17.7 Å². The van der Waals surface area contributed by atoms with Crippen LogP contribution >= 0.6 is 11.6 Å². The highest BCUT2D eigenvalue weighted by Crippen LogP contribution is 2.34. The Morgan fingerprint density at radius 2 is 2.08 bits per heavy atom. The van der Waals surface area contributed by atoms with Crippen molar-refractivity contribution in [2.75, 3.05) is 6.54 Å². The molecular formula is C19H17ClFNO2. The summed E-state index contributed by atoms with van der Waals surface area (Å²) >= 11 is 5.72. The van der Waals surface area contributed by atoms with Gasteiger partial charge >= 0.3 is 0 Å². The summed E-state index contributed by atoms with van der Waals surface area (Å²) in [6, 6.07) is 7.91. The lowest BCUT2D eigenvalue weighted by molar-refractivity contribution is 0.224. The summed E-state index contributed by atoms with van der Waals surface area (Å²) in [6.45, 7) is 2.54. The van der Waals surface area contributed by atoms with E-state index in [1.165, 1.54) is 24.3 Å². The fourth-order valence-electron chi connectivity index (χ4n) is 2.86. The monoisotopic (exact) mass is 345 g/mol. The van der Waals surface area contributed by atoms with Gasteiger partial charge in [0.05, 0.1) is 0 Å². The standard InChI is InChI=1S/C19H17ClFNO2/c1-11-18-13(8-9-22-11)3-6-15(19(18)24)17(23)7-4-12-2-5-14(20)10-16(12)21/h2-7,10,17,23-24H,8-9H2,1H3. The Kier molecular flexibility index (Phi) is 4.69. The van der Waals surface area contributed by atoms with Gasteiger partial charge in [-0.2, -0.15) is 0 Å². The van der Waals surface area contributed by atoms with Gasteiger partial charge in [-0.15, -0.1) is 0 Å². The van der Waals surface area contributed by atoms with Crippen molar-refractivity contribution in [3.05, 3.63) is 69.5 Å². The van der Waals surface area contributed by atoms with Crippen LogP contribution in [0.3, 0.4) is 0 Å². The summed E-state index contributed by atoms with van der Waals surface area (Å²) < 4.78 is 13.8. The third-order valence-corrected chi connectivity index (χ3v) is 4.36. The van der Waals surface area contributed by atoms with Gasteiger partial charge in [0.25, 0.3) is 0 Å². The molecule has 1 heterocycles. The molecule has 0 saturated heterocycles. The second kappa shape index (κ2) is 6.75. The quantitative estimate of drug-likeness (QED) is 0.871. The summed E-state index contributed by atoms with van der Waals surface area (Å²) in [4.78, 5) is 4.34. The van der Waals surface area contributed by atoms with Crippen LogP contribution in [0.1, 0.15) is 35.3 Å². The topological polar surface area (TPSA) is 52.8 Å². The zero-order valence-corrected chi connectivity index (χ0v) is 13.9. The van der Waals surface area contributed by atoms with E-state index in [2.05, 4.69) is 4.99 Å². The molecule has 0 aromatic heterocycles. The molecule has 24 heavy (non-hydrogen) atoms. The summed E-state index contributed by atoms with van der Waals surface area (Å²) in [6.07, 6.45) is 2.61. The maximum Gasteiger partial charge on any atom is 0.131 e. The fourth-order valence-corrected chi connectivity index (χ4v) is 3.02. The minimum atomic E-state index is -1.06. The molecule has 0 fully saturated rings. The number of nitrogens with zero attached hydrogens (tertiary/aromatic N) is 1. The van der Waals surface area contributed by atoms with Crippen molar-refractivity contribution in [2.45, 2.75) is 19.4 Å². The largest absolute Gasteiger partial charge is 0.507 e. The van der Waals surface area contributed by atoms with Crippen molar-refractivity contribution < 1.29 is 14.6 Å². The molecule has 0 saturated carbocycles. The Morgan fingerprint density at radius 3 is 2.83 bits per heavy atom. The third-order valence-electron chi connectivity index (χ3n) is 4.13. The summed E-state index contributed by atoms with van der Waals surface area (Å²) in [5.74, 6) is -0.439. The first-order chi connectivity index (χ1) is 11.5. The van der Waals surface area contributed by atoms with Gasteiger partial charge in [0.15, 0.2) is 0 Å². The predicted molar refractivity (Wildman–Crippen MR) is 94.3 cm³/mol. The number of halogens is 2. The van der Waals surface area contributed by atoms with Crippen LogP contribution in [0.4, 0.5) is 4.39 Å². The van der Waals surface area contributed by atoms with E-state index in [1.807, 2.05) is 13.0 Å². The molecular weight excluding hydrogens is 329 g/mol. The normalized spacial score (nSPS) is 15.2. The third kappa shape index (κ3) is 3.21. The summed E-state index contributed by atoms with van der Waals surface area (Å²) in [5, 5.41) is 21.2. The van der Waals surface area contributed by atoms with Gasteiger partial charge in [0, 0.05) is 34.0 Å². The molecule has 0 aliphatic carbocycles. The van der Waals surface area contributed by atoms with Gasteiger partial charge < -0.3 is 10.2 Å². The van der Waals surface area contributed by atoms with Crippen molar-refractivity contribution in [2.24, 2.45) is 4.99 Å². The first kappa shape index (κ1) is 16.7. The Morgan fingerprint density at radius 1 is 1.29 bits per heavy atom. The summed E-state index contributed by atoms with van der Waals surface area (Å²) in [7, 11) is 0. The number of aliphatic imine (C=N–C) groups is 1. The zero-order valence-electron chi connectivity index (χ0n) is 13.1. The molecule has 0 radical (unpaired) electrons. The van der Waals surface area contributed by atoms with Crippen molar-refractivity contribution in [1.29, 1.82) is 0 Å². The predicted octanol–water partition coefficient (Wildman–Crippen LogP) is 4.30. The lowest BCUT2D eigenvalue weighted by Crippen LogP contribution is -2.11. The van der Waals surface area contributed by atoms with Crippen molar-refractivity contribution in [1.82, 2.24) is 0 Å². The van der Waals surface area contributed by atoms with Crippen LogP contribution in [0.15, 0.2) is 41.4 Å². The number of rotatable bonds is 3. The van der Waals surface area contributed by atoms with E-state index in [1.54, 1.807) is 12.1 Å². The summed E-state index contributed by atoms with van der Waals surface area (Å²) in [5.41, 5.74) is 3.15. The smallest absolute Gasteiger partial charge is 0.131 e. The molecule has 3 rings (SSSR count). The van der Waals surface area contributed by atoms with Crippen LogP contribution in [0, 0.1) is 5.82 Å². The van der Waals surface area contributed by atoms with Gasteiger partial charge in [-0.05, 0) is 31.0 Å². The van der Waals surface area contributed by atoms with E-state index in [4.69, 9.17) is 11.6 Å². The van der Waals surface area contributed by atoms with Crippen molar-refractivity contribution in [3.8, 4) is 5.75 Å². The van der Waals surface area contributed by atoms with E-state index < -0.39 is 11.9 Å². The van der Waals surface area contributed by atoms with Crippen LogP contribution in [0.2, 0.25) is 5.02 Å². The number of aromatic hydroxyl groups is 1. The van der Waals surface area contributed by atoms with E-state index in [9.17, 15) is 14.6 Å². The van der Waals surface area contributed by atoms with Gasteiger partial charge in [-0.1, -0.05) is 42.0 Å². The molecule has 2 N–H and O–H groups in total. The minimum absolute atomic E-state index is 0.0298. The molecule has 3 nitrogen and oxygen atoms in total. The molecule has 2 aromatic carbocycles. The molecule has 1 atom stereocenters. The number of aliphatic hydroxyl groups excluding tert-OH is 1. The highest BCUT2D eigenvalue weighted by molar-refractivity contribution is 6.30. The van der Waals surface area contributed by atoms with E-state index >= 15 is 0 Å². The second-order valence-corrected chi connectivity index (χ2v) is 6.16. The molecule has 0 spiro atoms. The molecule has 1 aliphatic rings.